The van der Waals surface area contributed by atoms with Crippen molar-refractivity contribution in [3.05, 3.63) is 11.6 Å². The van der Waals surface area contributed by atoms with Gasteiger partial charge in [0.15, 0.2) is 0 Å². The van der Waals surface area contributed by atoms with Gasteiger partial charge in [-0.1, -0.05) is 0 Å². The van der Waals surface area contributed by atoms with Crippen molar-refractivity contribution < 1.29 is 9.59 Å². The Morgan fingerprint density at radius 2 is 2.05 bits per heavy atom. The smallest absolute Gasteiger partial charge is 0.294 e. The van der Waals surface area contributed by atoms with Gasteiger partial charge in [0.2, 0.25) is 11.7 Å². The molecule has 1 saturated carbocycles. The van der Waals surface area contributed by atoms with Gasteiger partial charge in [0.05, 0.1) is 0 Å². The molecule has 108 valence electrons. The van der Waals surface area contributed by atoms with Crippen LogP contribution in [0.5, 0.6) is 0 Å². The first-order valence-corrected chi connectivity index (χ1v) is 7.02. The van der Waals surface area contributed by atoms with Crippen molar-refractivity contribution in [2.75, 3.05) is 20.6 Å². The van der Waals surface area contributed by atoms with Crippen LogP contribution >= 0.6 is 0 Å². The Bertz CT molecular complexity index is 535. The summed E-state index contributed by atoms with van der Waals surface area (Å²) in [5, 5.41) is 6.84. The first-order chi connectivity index (χ1) is 9.58. The van der Waals surface area contributed by atoms with Gasteiger partial charge < -0.3 is 9.80 Å². The number of hydrogen-bond donors (Lipinski definition) is 1. The average Bonchev–Trinajstić information content (AvgIpc) is 2.98. The number of aromatic amines is 1. The lowest BCUT2D eigenvalue weighted by atomic mass is 10.2. The zero-order chi connectivity index (χ0) is 14.3. The maximum Gasteiger partial charge on any atom is 0.294 e. The molecule has 20 heavy (non-hydrogen) atoms. The number of hydrogen-bond acceptors (Lipinski definition) is 4. The zero-order valence-electron chi connectivity index (χ0n) is 11.8. The van der Waals surface area contributed by atoms with Crippen LogP contribution in [0.25, 0.3) is 0 Å². The number of H-pyrrole nitrogens is 1. The number of nitrogens with zero attached hydrogens (tertiary/aromatic N) is 4. The standard InChI is InChI=1S/C13H19N5O2/c1-17(2)12(19)9-4-3-7-18(9)13(20)11-14-10(15-16-11)8-5-6-8/h8-9H,3-7H2,1-2H3,(H,14,15,16). The summed E-state index contributed by atoms with van der Waals surface area (Å²) in [4.78, 5) is 32.0. The van der Waals surface area contributed by atoms with E-state index in [4.69, 9.17) is 0 Å². The number of amides is 2. The van der Waals surface area contributed by atoms with Crippen molar-refractivity contribution in [3.8, 4) is 0 Å². The molecule has 7 heteroatoms. The maximum absolute atomic E-state index is 12.5. The van der Waals surface area contributed by atoms with Crippen LogP contribution in [0.15, 0.2) is 0 Å². The summed E-state index contributed by atoms with van der Waals surface area (Å²) in [5.41, 5.74) is 0. The Morgan fingerprint density at radius 3 is 2.70 bits per heavy atom. The van der Waals surface area contributed by atoms with Crippen LogP contribution in [-0.4, -0.2) is 63.5 Å². The minimum atomic E-state index is -0.375. The highest BCUT2D eigenvalue weighted by Crippen LogP contribution is 2.37. The van der Waals surface area contributed by atoms with Crippen LogP contribution in [0.4, 0.5) is 0 Å². The van der Waals surface area contributed by atoms with E-state index >= 15 is 0 Å². The van der Waals surface area contributed by atoms with E-state index in [2.05, 4.69) is 15.2 Å². The molecule has 2 heterocycles. The predicted octanol–water partition coefficient (Wildman–Crippen LogP) is 0.375. The second-order valence-corrected chi connectivity index (χ2v) is 5.71. The lowest BCUT2D eigenvalue weighted by molar-refractivity contribution is -0.132. The van der Waals surface area contributed by atoms with Crippen LogP contribution in [0.1, 0.15) is 48.0 Å². The van der Waals surface area contributed by atoms with Crippen molar-refractivity contribution in [2.24, 2.45) is 0 Å². The molecule has 2 amide bonds. The normalized spacial score (nSPS) is 22.1. The molecule has 1 aliphatic heterocycles. The summed E-state index contributed by atoms with van der Waals surface area (Å²) >= 11 is 0. The first-order valence-electron chi connectivity index (χ1n) is 7.02. The van der Waals surface area contributed by atoms with Crippen molar-refractivity contribution in [3.63, 3.8) is 0 Å². The van der Waals surface area contributed by atoms with Gasteiger partial charge in [-0.05, 0) is 25.7 Å². The van der Waals surface area contributed by atoms with Gasteiger partial charge in [-0.25, -0.2) is 4.98 Å². The SMILES string of the molecule is CN(C)C(=O)C1CCCN1C(=O)c1n[nH]c(C2CC2)n1. The zero-order valence-corrected chi connectivity index (χ0v) is 11.8. The first kappa shape index (κ1) is 13.1. The molecule has 1 N–H and O–H groups in total. The van der Waals surface area contributed by atoms with E-state index in [9.17, 15) is 9.59 Å². The van der Waals surface area contributed by atoms with E-state index < -0.39 is 0 Å². The molecule has 0 aromatic carbocycles. The molecule has 0 bridgehead atoms. The summed E-state index contributed by atoms with van der Waals surface area (Å²) < 4.78 is 0. The minimum Gasteiger partial charge on any atom is -0.347 e. The Kier molecular flexibility index (Phi) is 3.19. The van der Waals surface area contributed by atoms with E-state index in [0.717, 1.165) is 25.1 Å². The lowest BCUT2D eigenvalue weighted by Crippen LogP contribution is -2.45. The third kappa shape index (κ3) is 2.28. The molecule has 2 aliphatic rings. The molecule has 1 saturated heterocycles. The number of aromatic nitrogens is 3. The number of carbonyl (C=O) groups excluding carboxylic acids is 2. The van der Waals surface area contributed by atoms with Crippen molar-refractivity contribution in [1.29, 1.82) is 0 Å². The second kappa shape index (κ2) is 4.88. The third-order valence-electron chi connectivity index (χ3n) is 3.90. The van der Waals surface area contributed by atoms with E-state index in [1.807, 2.05) is 0 Å². The Hall–Kier alpha value is -1.92. The fourth-order valence-corrected chi connectivity index (χ4v) is 2.60. The van der Waals surface area contributed by atoms with Gasteiger partial charge in [0, 0.05) is 26.6 Å². The summed E-state index contributed by atoms with van der Waals surface area (Å²) in [7, 11) is 3.42. The van der Waals surface area contributed by atoms with Crippen molar-refractivity contribution in [2.45, 2.75) is 37.6 Å². The second-order valence-electron chi connectivity index (χ2n) is 5.71. The third-order valence-corrected chi connectivity index (χ3v) is 3.90. The monoisotopic (exact) mass is 277 g/mol. The highest BCUT2D eigenvalue weighted by atomic mass is 16.2. The van der Waals surface area contributed by atoms with Gasteiger partial charge in [0.25, 0.3) is 5.91 Å². The molecule has 1 aromatic rings. The lowest BCUT2D eigenvalue weighted by Gasteiger charge is -2.25. The Labute approximate surface area is 117 Å². The number of carbonyl (C=O) groups is 2. The Morgan fingerprint density at radius 1 is 1.30 bits per heavy atom. The quantitative estimate of drug-likeness (QED) is 0.865. The van der Waals surface area contributed by atoms with Crippen molar-refractivity contribution in [1.82, 2.24) is 25.0 Å². The molecule has 1 unspecified atom stereocenters. The highest BCUT2D eigenvalue weighted by Gasteiger charge is 2.37. The van der Waals surface area contributed by atoms with Crippen LogP contribution in [0, 0.1) is 0 Å². The van der Waals surface area contributed by atoms with Gasteiger partial charge >= 0.3 is 0 Å². The minimum absolute atomic E-state index is 0.0335. The van der Waals surface area contributed by atoms with Gasteiger partial charge in [-0.15, -0.1) is 5.10 Å². The number of likely N-dealkylation sites (N-methyl/N-ethyl adjacent to an activating group) is 1. The van der Waals surface area contributed by atoms with Crippen LogP contribution < -0.4 is 0 Å². The largest absolute Gasteiger partial charge is 0.347 e. The molecule has 7 nitrogen and oxygen atoms in total. The summed E-state index contributed by atoms with van der Waals surface area (Å²) in [6.45, 7) is 0.594. The van der Waals surface area contributed by atoms with E-state index in [0.29, 0.717) is 18.9 Å². The van der Waals surface area contributed by atoms with E-state index in [1.165, 1.54) is 4.90 Å². The highest BCUT2D eigenvalue weighted by molar-refractivity contribution is 5.95. The summed E-state index contributed by atoms with van der Waals surface area (Å²) in [6.07, 6.45) is 3.76. The van der Waals surface area contributed by atoms with Crippen LogP contribution in [-0.2, 0) is 4.79 Å². The predicted molar refractivity (Wildman–Crippen MR) is 71.1 cm³/mol. The fraction of sp³-hybridized carbons (Fsp3) is 0.692. The van der Waals surface area contributed by atoms with Crippen LogP contribution in [0.3, 0.4) is 0 Å². The number of nitrogens with one attached hydrogen (secondary N) is 1. The van der Waals surface area contributed by atoms with Crippen LogP contribution in [0.2, 0.25) is 0 Å². The molecule has 1 atom stereocenters. The average molecular weight is 277 g/mol. The molecule has 1 aliphatic carbocycles. The Balaban J connectivity index is 1.76. The van der Waals surface area contributed by atoms with E-state index in [1.54, 1.807) is 19.0 Å². The van der Waals surface area contributed by atoms with Gasteiger partial charge in [-0.2, -0.15) is 0 Å². The molecule has 3 rings (SSSR count). The van der Waals surface area contributed by atoms with Gasteiger partial charge in [-0.3, -0.25) is 14.7 Å². The molecular weight excluding hydrogens is 258 g/mol. The number of rotatable bonds is 3. The van der Waals surface area contributed by atoms with Crippen molar-refractivity contribution >= 4 is 11.8 Å². The molecule has 0 radical (unpaired) electrons. The molecule has 1 aromatic heterocycles. The fourth-order valence-electron chi connectivity index (χ4n) is 2.60. The molecular formula is C13H19N5O2. The number of likely N-dealkylation sites (tertiary alicyclic amines) is 1. The topological polar surface area (TPSA) is 82.2 Å². The molecule has 0 spiro atoms. The van der Waals surface area contributed by atoms with Gasteiger partial charge in [0.1, 0.15) is 11.9 Å². The maximum atomic E-state index is 12.5. The summed E-state index contributed by atoms with van der Waals surface area (Å²) in [5.74, 6) is 1.13. The molecule has 2 fully saturated rings. The van der Waals surface area contributed by atoms with E-state index in [-0.39, 0.29) is 23.7 Å². The summed E-state index contributed by atoms with van der Waals surface area (Å²) in [6, 6.07) is -0.375.